The number of fused-ring (bicyclic) bond motifs is 1. The Morgan fingerprint density at radius 3 is 2.50 bits per heavy atom. The van der Waals surface area contributed by atoms with Crippen molar-refractivity contribution in [3.05, 3.63) is 96.1 Å². The van der Waals surface area contributed by atoms with E-state index in [1.54, 1.807) is 6.26 Å². The minimum Gasteiger partial charge on any atom is -0.467 e. The van der Waals surface area contributed by atoms with Gasteiger partial charge in [-0.15, -0.1) is 0 Å². The van der Waals surface area contributed by atoms with Gasteiger partial charge < -0.3 is 14.3 Å². The van der Waals surface area contributed by atoms with E-state index in [2.05, 4.69) is 75.4 Å². The third-order valence-corrected chi connectivity index (χ3v) is 6.44. The zero-order chi connectivity index (χ0) is 21.8. The molecular weight excluding hydrogens is 398 g/mol. The first-order valence-electron chi connectivity index (χ1n) is 11.4. The molecule has 1 fully saturated rings. The molecule has 1 N–H and O–H groups in total. The third kappa shape index (κ3) is 4.63. The molecule has 5 nitrogen and oxygen atoms in total. The third-order valence-electron chi connectivity index (χ3n) is 6.44. The summed E-state index contributed by atoms with van der Waals surface area (Å²) >= 11 is 0. The van der Waals surface area contributed by atoms with Gasteiger partial charge in [0.25, 0.3) is 0 Å². The van der Waals surface area contributed by atoms with Crippen molar-refractivity contribution < 1.29 is 9.21 Å². The Labute approximate surface area is 188 Å². The number of hydrogen-bond donors (Lipinski definition) is 1. The summed E-state index contributed by atoms with van der Waals surface area (Å²) in [4.78, 5) is 15.0. The van der Waals surface area contributed by atoms with Gasteiger partial charge in [-0.1, -0.05) is 48.5 Å². The van der Waals surface area contributed by atoms with E-state index < -0.39 is 0 Å². The smallest absolute Gasteiger partial charge is 0.223 e. The molecule has 5 heteroatoms. The molecule has 2 aromatic carbocycles. The molecule has 5 rings (SSSR count). The summed E-state index contributed by atoms with van der Waals surface area (Å²) in [7, 11) is 0. The Bertz CT molecular complexity index is 1160. The fourth-order valence-electron chi connectivity index (χ4n) is 4.67. The van der Waals surface area contributed by atoms with Gasteiger partial charge in [-0.2, -0.15) is 0 Å². The molecule has 0 bridgehead atoms. The minimum atomic E-state index is 0.0800. The number of rotatable bonds is 7. The normalized spacial score (nSPS) is 15.2. The van der Waals surface area contributed by atoms with Crippen LogP contribution in [-0.2, 0) is 24.4 Å². The second-order valence-electron chi connectivity index (χ2n) is 8.61. The van der Waals surface area contributed by atoms with Crippen LogP contribution in [0.5, 0.6) is 0 Å². The van der Waals surface area contributed by atoms with Crippen molar-refractivity contribution >= 4 is 16.8 Å². The van der Waals surface area contributed by atoms with E-state index in [1.807, 2.05) is 12.1 Å². The number of furan rings is 1. The predicted molar refractivity (Wildman–Crippen MR) is 126 cm³/mol. The lowest BCUT2D eigenvalue weighted by molar-refractivity contribution is -0.126. The van der Waals surface area contributed by atoms with E-state index in [9.17, 15) is 4.79 Å². The van der Waals surface area contributed by atoms with Crippen molar-refractivity contribution in [1.29, 1.82) is 0 Å². The molecule has 32 heavy (non-hydrogen) atoms. The van der Waals surface area contributed by atoms with Gasteiger partial charge >= 0.3 is 0 Å². The summed E-state index contributed by atoms with van der Waals surface area (Å²) in [6, 6.07) is 25.3. The molecule has 0 saturated carbocycles. The summed E-state index contributed by atoms with van der Waals surface area (Å²) in [5.41, 5.74) is 3.91. The van der Waals surface area contributed by atoms with Gasteiger partial charge in [-0.05, 0) is 61.1 Å². The lowest BCUT2D eigenvalue weighted by Crippen LogP contribution is -2.40. The Kier molecular flexibility index (Phi) is 6.08. The number of piperidine rings is 1. The number of carbonyl (C=O) groups is 1. The van der Waals surface area contributed by atoms with Crippen LogP contribution < -0.4 is 5.32 Å². The van der Waals surface area contributed by atoms with Crippen molar-refractivity contribution in [2.24, 2.45) is 5.92 Å². The number of para-hydroxylation sites is 1. The number of benzene rings is 2. The van der Waals surface area contributed by atoms with Crippen LogP contribution in [0, 0.1) is 5.92 Å². The highest BCUT2D eigenvalue weighted by Gasteiger charge is 2.25. The van der Waals surface area contributed by atoms with Gasteiger partial charge in [0.2, 0.25) is 5.91 Å². The summed E-state index contributed by atoms with van der Waals surface area (Å²) in [5, 5.41) is 4.30. The number of likely N-dealkylation sites (tertiary alicyclic amines) is 1. The fraction of sp³-hybridized carbons (Fsp3) is 0.296. The molecule has 0 spiro atoms. The minimum absolute atomic E-state index is 0.0800. The average Bonchev–Trinajstić information content (AvgIpc) is 3.47. The molecule has 0 unspecified atom stereocenters. The van der Waals surface area contributed by atoms with Crippen molar-refractivity contribution in [3.8, 4) is 0 Å². The summed E-state index contributed by atoms with van der Waals surface area (Å²) < 4.78 is 7.75. The first-order valence-corrected chi connectivity index (χ1v) is 11.4. The molecule has 1 amide bonds. The lowest BCUT2D eigenvalue weighted by Gasteiger charge is -2.31. The van der Waals surface area contributed by atoms with Gasteiger partial charge in [0.05, 0.1) is 12.8 Å². The van der Waals surface area contributed by atoms with Gasteiger partial charge in [-0.3, -0.25) is 9.69 Å². The quantitative estimate of drug-likeness (QED) is 0.460. The predicted octanol–water partition coefficient (Wildman–Crippen LogP) is 4.81. The van der Waals surface area contributed by atoms with Crippen LogP contribution in [0.15, 0.2) is 83.5 Å². The molecule has 0 aliphatic carbocycles. The second kappa shape index (κ2) is 9.45. The van der Waals surface area contributed by atoms with Crippen LogP contribution in [-0.4, -0.2) is 28.5 Å². The van der Waals surface area contributed by atoms with Crippen molar-refractivity contribution in [2.45, 2.75) is 32.5 Å². The fourth-order valence-corrected chi connectivity index (χ4v) is 4.67. The molecule has 1 saturated heterocycles. The van der Waals surface area contributed by atoms with Crippen molar-refractivity contribution in [2.75, 3.05) is 13.1 Å². The average molecular weight is 428 g/mol. The maximum Gasteiger partial charge on any atom is 0.223 e. The summed E-state index contributed by atoms with van der Waals surface area (Å²) in [6.07, 6.45) is 3.42. The van der Waals surface area contributed by atoms with Crippen molar-refractivity contribution in [3.63, 3.8) is 0 Å². The standard InChI is InChI=1S/C27H29N3O2/c31-27(28-18-25-10-6-16-32-25)22-12-14-29(15-13-22)20-24-17-23-9-4-5-11-26(23)30(24)19-21-7-2-1-3-8-21/h1-11,16-17,22H,12-15,18-20H2,(H,28,31). The first-order chi connectivity index (χ1) is 15.8. The van der Waals surface area contributed by atoms with Crippen molar-refractivity contribution in [1.82, 2.24) is 14.8 Å². The van der Waals surface area contributed by atoms with Crippen LogP contribution in [0.1, 0.15) is 29.9 Å². The van der Waals surface area contributed by atoms with Crippen LogP contribution >= 0.6 is 0 Å². The molecular formula is C27H29N3O2. The monoisotopic (exact) mass is 427 g/mol. The van der Waals surface area contributed by atoms with Crippen LogP contribution in [0.3, 0.4) is 0 Å². The molecule has 3 heterocycles. The van der Waals surface area contributed by atoms with E-state index in [4.69, 9.17) is 4.42 Å². The molecule has 164 valence electrons. The topological polar surface area (TPSA) is 50.4 Å². The molecule has 4 aromatic rings. The molecule has 1 aliphatic rings. The number of amides is 1. The van der Waals surface area contributed by atoms with E-state index >= 15 is 0 Å². The van der Waals surface area contributed by atoms with Crippen LogP contribution in [0.2, 0.25) is 0 Å². The zero-order valence-electron chi connectivity index (χ0n) is 18.2. The van der Waals surface area contributed by atoms with Crippen LogP contribution in [0.25, 0.3) is 10.9 Å². The first kappa shape index (κ1) is 20.6. The maximum atomic E-state index is 12.6. The number of carbonyl (C=O) groups excluding carboxylic acids is 1. The maximum absolute atomic E-state index is 12.6. The number of nitrogens with zero attached hydrogens (tertiary/aromatic N) is 2. The van der Waals surface area contributed by atoms with Gasteiger partial charge in [0.15, 0.2) is 0 Å². The number of hydrogen-bond acceptors (Lipinski definition) is 3. The Balaban J connectivity index is 1.23. The second-order valence-corrected chi connectivity index (χ2v) is 8.61. The van der Waals surface area contributed by atoms with Gasteiger partial charge in [-0.25, -0.2) is 0 Å². The zero-order valence-corrected chi connectivity index (χ0v) is 18.2. The molecule has 0 radical (unpaired) electrons. The highest BCUT2D eigenvalue weighted by atomic mass is 16.3. The van der Waals surface area contributed by atoms with E-state index in [1.165, 1.54) is 22.2 Å². The van der Waals surface area contributed by atoms with Gasteiger partial charge in [0, 0.05) is 30.2 Å². The van der Waals surface area contributed by atoms with Crippen LogP contribution in [0.4, 0.5) is 0 Å². The Hall–Kier alpha value is -3.31. The Morgan fingerprint density at radius 1 is 0.938 bits per heavy atom. The van der Waals surface area contributed by atoms with Gasteiger partial charge in [0.1, 0.15) is 5.76 Å². The highest BCUT2D eigenvalue weighted by Crippen LogP contribution is 2.25. The summed E-state index contributed by atoms with van der Waals surface area (Å²) in [5.74, 6) is 1.01. The Morgan fingerprint density at radius 2 is 1.72 bits per heavy atom. The largest absolute Gasteiger partial charge is 0.467 e. The van der Waals surface area contributed by atoms with E-state index in [-0.39, 0.29) is 11.8 Å². The summed E-state index contributed by atoms with van der Waals surface area (Å²) in [6.45, 7) is 4.11. The molecule has 1 aliphatic heterocycles. The van der Waals surface area contributed by atoms with E-state index in [0.29, 0.717) is 6.54 Å². The number of aromatic nitrogens is 1. The number of nitrogens with one attached hydrogen (secondary N) is 1. The molecule has 2 aromatic heterocycles. The SMILES string of the molecule is O=C(NCc1ccco1)C1CCN(Cc2cc3ccccc3n2Cc2ccccc2)CC1. The molecule has 0 atom stereocenters. The lowest BCUT2D eigenvalue weighted by atomic mass is 9.96. The van der Waals surface area contributed by atoms with E-state index in [0.717, 1.165) is 44.8 Å². The highest BCUT2D eigenvalue weighted by molar-refractivity contribution is 5.81.